The third kappa shape index (κ3) is 6.30. The first-order chi connectivity index (χ1) is 5.02. The summed E-state index contributed by atoms with van der Waals surface area (Å²) in [5.41, 5.74) is 0.389. The zero-order chi connectivity index (χ0) is 8.85. The molecule has 0 unspecified atom stereocenters. The van der Waals surface area contributed by atoms with Crippen LogP contribution >= 0.6 is 0 Å². The molecule has 0 aromatic heterocycles. The lowest BCUT2D eigenvalue weighted by atomic mass is 10.2. The number of carboxylic acid groups (broad SMARTS) is 2. The van der Waals surface area contributed by atoms with Gasteiger partial charge in [-0.05, 0) is 12.5 Å². The topological polar surface area (TPSA) is 74.6 Å². The Hall–Kier alpha value is -1.58. The molecule has 2 N–H and O–H groups in total. The second-order valence-corrected chi connectivity index (χ2v) is 1.90. The van der Waals surface area contributed by atoms with Gasteiger partial charge in [0.15, 0.2) is 0 Å². The van der Waals surface area contributed by atoms with Crippen LogP contribution in [0.2, 0.25) is 0 Å². The highest BCUT2D eigenvalue weighted by Crippen LogP contribution is 1.93. The van der Waals surface area contributed by atoms with E-state index >= 15 is 0 Å². The lowest BCUT2D eigenvalue weighted by molar-refractivity contribution is -0.132. The molecule has 4 nitrogen and oxygen atoms in total. The van der Waals surface area contributed by atoms with Crippen molar-refractivity contribution in [2.75, 3.05) is 0 Å². The Balaban J connectivity index is 4.17. The average Bonchev–Trinajstić information content (AvgIpc) is 1.82. The van der Waals surface area contributed by atoms with Gasteiger partial charge < -0.3 is 10.2 Å². The fraction of sp³-hybridized carbons (Fsp3) is 0.143. The van der Waals surface area contributed by atoms with E-state index in [1.807, 2.05) is 0 Å². The van der Waals surface area contributed by atoms with Crippen LogP contribution in [0, 0.1) is 0 Å². The first-order valence-electron chi connectivity index (χ1n) is 2.84. The lowest BCUT2D eigenvalue weighted by Crippen LogP contribution is -1.90. The van der Waals surface area contributed by atoms with Crippen molar-refractivity contribution < 1.29 is 19.8 Å². The van der Waals surface area contributed by atoms with Crippen LogP contribution in [0.5, 0.6) is 0 Å². The van der Waals surface area contributed by atoms with Gasteiger partial charge in [-0.1, -0.05) is 6.08 Å². The molecule has 0 heterocycles. The molecule has 11 heavy (non-hydrogen) atoms. The van der Waals surface area contributed by atoms with Gasteiger partial charge in [-0.2, -0.15) is 0 Å². The van der Waals surface area contributed by atoms with E-state index in [-0.39, 0.29) is 0 Å². The van der Waals surface area contributed by atoms with Crippen molar-refractivity contribution >= 4 is 11.9 Å². The maximum atomic E-state index is 10.00. The number of carbonyl (C=O) groups is 2. The van der Waals surface area contributed by atoms with Gasteiger partial charge in [0.25, 0.3) is 0 Å². The predicted octanol–water partition coefficient (Wildman–Crippen LogP) is 0.658. The van der Waals surface area contributed by atoms with Crippen LogP contribution in [0.3, 0.4) is 0 Å². The van der Waals surface area contributed by atoms with Gasteiger partial charge in [-0.25, -0.2) is 9.59 Å². The molecule has 0 aliphatic rings. The Kier molecular flexibility index (Phi) is 3.66. The minimum atomic E-state index is -1.09. The van der Waals surface area contributed by atoms with Crippen LogP contribution in [0.4, 0.5) is 0 Å². The Morgan fingerprint density at radius 2 is 1.64 bits per heavy atom. The average molecular weight is 156 g/mol. The van der Waals surface area contributed by atoms with Crippen LogP contribution < -0.4 is 0 Å². The van der Waals surface area contributed by atoms with E-state index in [0.717, 1.165) is 12.2 Å². The van der Waals surface area contributed by atoms with E-state index in [0.29, 0.717) is 5.57 Å². The molecule has 0 saturated carbocycles. The van der Waals surface area contributed by atoms with Crippen molar-refractivity contribution in [1.29, 1.82) is 0 Å². The summed E-state index contributed by atoms with van der Waals surface area (Å²) in [6.45, 7) is 1.51. The highest BCUT2D eigenvalue weighted by molar-refractivity contribution is 5.83. The van der Waals surface area contributed by atoms with Crippen molar-refractivity contribution in [1.82, 2.24) is 0 Å². The Labute approximate surface area is 63.5 Å². The van der Waals surface area contributed by atoms with E-state index in [1.165, 1.54) is 13.0 Å². The summed E-state index contributed by atoms with van der Waals surface area (Å²) in [5, 5.41) is 16.3. The van der Waals surface area contributed by atoms with E-state index in [2.05, 4.69) is 0 Å². The largest absolute Gasteiger partial charge is 0.478 e. The first-order valence-corrected chi connectivity index (χ1v) is 2.84. The minimum Gasteiger partial charge on any atom is -0.478 e. The first kappa shape index (κ1) is 9.42. The van der Waals surface area contributed by atoms with E-state index < -0.39 is 11.9 Å². The number of hydrogen-bond acceptors (Lipinski definition) is 2. The van der Waals surface area contributed by atoms with Crippen LogP contribution in [-0.4, -0.2) is 22.2 Å². The molecule has 60 valence electrons. The van der Waals surface area contributed by atoms with E-state index in [1.54, 1.807) is 0 Å². The second-order valence-electron chi connectivity index (χ2n) is 1.90. The summed E-state index contributed by atoms with van der Waals surface area (Å²) in [6, 6.07) is 0. The maximum absolute atomic E-state index is 10.00. The van der Waals surface area contributed by atoms with E-state index in [9.17, 15) is 9.59 Å². The molecule has 0 aromatic carbocycles. The van der Waals surface area contributed by atoms with Gasteiger partial charge in [-0.15, -0.1) is 0 Å². The number of rotatable bonds is 3. The molecule has 4 heteroatoms. The fourth-order valence-electron chi connectivity index (χ4n) is 0.446. The molecule has 0 saturated heterocycles. The van der Waals surface area contributed by atoms with Crippen LogP contribution in [-0.2, 0) is 9.59 Å². The third-order valence-electron chi connectivity index (χ3n) is 0.840. The molecular formula is C7H8O4. The van der Waals surface area contributed by atoms with Crippen molar-refractivity contribution in [2.45, 2.75) is 6.92 Å². The Morgan fingerprint density at radius 1 is 1.09 bits per heavy atom. The van der Waals surface area contributed by atoms with Crippen molar-refractivity contribution in [3.63, 3.8) is 0 Å². The summed E-state index contributed by atoms with van der Waals surface area (Å²) >= 11 is 0. The molecule has 0 aliphatic carbocycles. The molecule has 0 radical (unpaired) electrons. The standard InChI is InChI=1S/C7H8O4/c1-5(4-7(10)11)2-3-6(8)9/h2-4H,1H3,(H,8,9)(H,10,11). The van der Waals surface area contributed by atoms with E-state index in [4.69, 9.17) is 10.2 Å². The van der Waals surface area contributed by atoms with Crippen molar-refractivity contribution in [3.05, 3.63) is 23.8 Å². The summed E-state index contributed by atoms with van der Waals surface area (Å²) in [7, 11) is 0. The monoisotopic (exact) mass is 156 g/mol. The smallest absolute Gasteiger partial charge is 0.328 e. The summed E-state index contributed by atoms with van der Waals surface area (Å²) in [6.07, 6.45) is 3.03. The third-order valence-corrected chi connectivity index (χ3v) is 0.840. The minimum absolute atomic E-state index is 0.389. The molecule has 0 atom stereocenters. The maximum Gasteiger partial charge on any atom is 0.328 e. The molecule has 0 amide bonds. The zero-order valence-corrected chi connectivity index (χ0v) is 5.94. The fourth-order valence-corrected chi connectivity index (χ4v) is 0.446. The van der Waals surface area contributed by atoms with Crippen molar-refractivity contribution in [3.8, 4) is 0 Å². The molecule has 0 aromatic rings. The quantitative estimate of drug-likeness (QED) is 0.465. The lowest BCUT2D eigenvalue weighted by Gasteiger charge is -1.85. The summed E-state index contributed by atoms with van der Waals surface area (Å²) in [4.78, 5) is 19.9. The van der Waals surface area contributed by atoms with Gasteiger partial charge in [0.1, 0.15) is 0 Å². The van der Waals surface area contributed by atoms with Gasteiger partial charge in [0, 0.05) is 12.2 Å². The number of aliphatic carboxylic acids is 2. The molecule has 0 fully saturated rings. The van der Waals surface area contributed by atoms with Gasteiger partial charge in [-0.3, -0.25) is 0 Å². The predicted molar refractivity (Wildman–Crippen MR) is 38.2 cm³/mol. The zero-order valence-electron chi connectivity index (χ0n) is 5.94. The van der Waals surface area contributed by atoms with Crippen molar-refractivity contribution in [2.24, 2.45) is 0 Å². The Bertz CT molecular complexity index is 225. The Morgan fingerprint density at radius 3 is 2.00 bits per heavy atom. The summed E-state index contributed by atoms with van der Waals surface area (Å²) < 4.78 is 0. The molecule has 0 bridgehead atoms. The molecule has 0 rings (SSSR count). The van der Waals surface area contributed by atoms with Crippen LogP contribution in [0.25, 0.3) is 0 Å². The molecule has 0 aliphatic heterocycles. The highest BCUT2D eigenvalue weighted by Gasteiger charge is 1.90. The highest BCUT2D eigenvalue weighted by atomic mass is 16.4. The molecular weight excluding hydrogens is 148 g/mol. The number of allylic oxidation sites excluding steroid dienone is 2. The van der Waals surface area contributed by atoms with Crippen LogP contribution in [0.15, 0.2) is 23.8 Å². The van der Waals surface area contributed by atoms with Gasteiger partial charge in [0.2, 0.25) is 0 Å². The SMILES string of the molecule is CC(C=CC(=O)O)=CC(=O)O. The number of carboxylic acids is 2. The normalized spacial score (nSPS) is 11.9. The van der Waals surface area contributed by atoms with Gasteiger partial charge in [0.05, 0.1) is 0 Å². The number of hydrogen-bond donors (Lipinski definition) is 2. The van der Waals surface area contributed by atoms with Crippen LogP contribution in [0.1, 0.15) is 6.92 Å². The summed E-state index contributed by atoms with van der Waals surface area (Å²) in [5.74, 6) is -2.18. The second kappa shape index (κ2) is 4.27. The van der Waals surface area contributed by atoms with Gasteiger partial charge >= 0.3 is 11.9 Å². The molecule has 0 spiro atoms.